The number of carboxylic acid groups (broad SMARTS) is 1. The van der Waals surface area contributed by atoms with Gasteiger partial charge in [0, 0.05) is 12.5 Å². The van der Waals surface area contributed by atoms with Crippen LogP contribution in [0, 0.1) is 0 Å². The largest absolute Gasteiger partial charge is 0.480 e. The number of carbonyl (C=O) groups excluding carboxylic acids is 1. The zero-order valence-corrected chi connectivity index (χ0v) is 14.1. The van der Waals surface area contributed by atoms with E-state index in [1.807, 2.05) is 18.2 Å². The fourth-order valence-corrected chi connectivity index (χ4v) is 2.52. The molecule has 8 nitrogen and oxygen atoms in total. The lowest BCUT2D eigenvalue weighted by molar-refractivity contribution is -0.142. The third kappa shape index (κ3) is 4.34. The quantitative estimate of drug-likeness (QED) is 0.689. The predicted octanol–water partition coefficient (Wildman–Crippen LogP) is 1.63. The highest BCUT2D eigenvalue weighted by Gasteiger charge is 2.31. The number of ether oxygens (including phenoxy) is 1. The summed E-state index contributed by atoms with van der Waals surface area (Å²) in [5, 5.41) is 15.9. The van der Waals surface area contributed by atoms with Crippen molar-refractivity contribution in [3.63, 3.8) is 0 Å². The average molecular weight is 365 g/mol. The second-order valence-electron chi connectivity index (χ2n) is 5.63. The molecule has 1 amide bonds. The first-order chi connectivity index (χ1) is 12.1. The predicted molar refractivity (Wildman–Crippen MR) is 89.1 cm³/mol. The zero-order valence-electron chi connectivity index (χ0n) is 13.3. The molecule has 25 heavy (non-hydrogen) atoms. The Morgan fingerprint density at radius 1 is 1.36 bits per heavy atom. The van der Waals surface area contributed by atoms with Crippen LogP contribution >= 0.6 is 11.6 Å². The molecule has 1 aromatic carbocycles. The SMILES string of the molecule is O=C(O)COCCNC(=O)c1nc(C2CC2)n(-c2ccccc2Cl)n1. The van der Waals surface area contributed by atoms with E-state index < -0.39 is 18.5 Å². The minimum Gasteiger partial charge on any atom is -0.480 e. The van der Waals surface area contributed by atoms with E-state index in [-0.39, 0.29) is 24.9 Å². The highest BCUT2D eigenvalue weighted by molar-refractivity contribution is 6.32. The first-order valence-electron chi connectivity index (χ1n) is 7.86. The van der Waals surface area contributed by atoms with Crippen molar-refractivity contribution in [2.24, 2.45) is 0 Å². The van der Waals surface area contributed by atoms with Gasteiger partial charge in [-0.3, -0.25) is 4.79 Å². The van der Waals surface area contributed by atoms with Crippen molar-refractivity contribution in [2.75, 3.05) is 19.8 Å². The Bertz CT molecular complexity index is 788. The van der Waals surface area contributed by atoms with Crippen molar-refractivity contribution in [2.45, 2.75) is 18.8 Å². The van der Waals surface area contributed by atoms with Gasteiger partial charge in [-0.25, -0.2) is 14.5 Å². The maximum Gasteiger partial charge on any atom is 0.329 e. The second kappa shape index (κ2) is 7.62. The molecule has 132 valence electrons. The Kier molecular flexibility index (Phi) is 5.30. The molecule has 2 aromatic rings. The van der Waals surface area contributed by atoms with Crippen molar-refractivity contribution in [3.05, 3.63) is 40.9 Å². The van der Waals surface area contributed by atoms with Crippen LogP contribution in [0.25, 0.3) is 5.69 Å². The molecule has 3 rings (SSSR count). The summed E-state index contributed by atoms with van der Waals surface area (Å²) in [6.07, 6.45) is 2.01. The number of halogens is 1. The molecule has 0 atom stereocenters. The molecule has 0 aliphatic heterocycles. The third-order valence-corrected chi connectivity index (χ3v) is 3.94. The van der Waals surface area contributed by atoms with Crippen molar-refractivity contribution in [1.29, 1.82) is 0 Å². The molecule has 0 bridgehead atoms. The highest BCUT2D eigenvalue weighted by atomic mass is 35.5. The monoisotopic (exact) mass is 364 g/mol. The van der Waals surface area contributed by atoms with E-state index in [1.54, 1.807) is 10.7 Å². The van der Waals surface area contributed by atoms with Crippen molar-refractivity contribution in [3.8, 4) is 5.69 Å². The number of para-hydroxylation sites is 1. The summed E-state index contributed by atoms with van der Waals surface area (Å²) in [5.41, 5.74) is 0.683. The molecule has 2 N–H and O–H groups in total. The summed E-state index contributed by atoms with van der Waals surface area (Å²) in [6.45, 7) is -0.134. The van der Waals surface area contributed by atoms with Crippen LogP contribution in [-0.2, 0) is 9.53 Å². The fourth-order valence-electron chi connectivity index (χ4n) is 2.30. The van der Waals surface area contributed by atoms with Gasteiger partial charge in [-0.05, 0) is 25.0 Å². The van der Waals surface area contributed by atoms with E-state index in [0.717, 1.165) is 18.7 Å². The summed E-state index contributed by atoms with van der Waals surface area (Å²) in [7, 11) is 0. The number of aromatic nitrogens is 3. The summed E-state index contributed by atoms with van der Waals surface area (Å²) >= 11 is 6.23. The number of nitrogens with zero attached hydrogens (tertiary/aromatic N) is 3. The smallest absolute Gasteiger partial charge is 0.329 e. The van der Waals surface area contributed by atoms with E-state index in [4.69, 9.17) is 21.4 Å². The molecular weight excluding hydrogens is 348 g/mol. The maximum absolute atomic E-state index is 12.2. The highest BCUT2D eigenvalue weighted by Crippen LogP contribution is 2.40. The molecule has 0 radical (unpaired) electrons. The molecule has 1 fully saturated rings. The van der Waals surface area contributed by atoms with Crippen LogP contribution in [0.1, 0.15) is 35.2 Å². The Morgan fingerprint density at radius 2 is 2.12 bits per heavy atom. The maximum atomic E-state index is 12.2. The van der Waals surface area contributed by atoms with Crippen LogP contribution in [0.5, 0.6) is 0 Å². The van der Waals surface area contributed by atoms with Crippen LogP contribution in [-0.4, -0.2) is 51.5 Å². The molecule has 0 unspecified atom stereocenters. The molecule has 9 heteroatoms. The van der Waals surface area contributed by atoms with Gasteiger partial charge in [-0.15, -0.1) is 5.10 Å². The lowest BCUT2D eigenvalue weighted by Crippen LogP contribution is -2.29. The third-order valence-electron chi connectivity index (χ3n) is 3.62. The number of hydrogen-bond donors (Lipinski definition) is 2. The molecule has 1 aliphatic carbocycles. The van der Waals surface area contributed by atoms with Crippen LogP contribution in [0.2, 0.25) is 5.02 Å². The van der Waals surface area contributed by atoms with Gasteiger partial charge in [0.2, 0.25) is 5.82 Å². The van der Waals surface area contributed by atoms with Crippen LogP contribution in [0.4, 0.5) is 0 Å². The Hall–Kier alpha value is -2.45. The minimum absolute atomic E-state index is 0.0556. The van der Waals surface area contributed by atoms with Gasteiger partial charge in [0.25, 0.3) is 5.91 Å². The van der Waals surface area contributed by atoms with Gasteiger partial charge in [0.15, 0.2) is 0 Å². The van der Waals surface area contributed by atoms with Crippen molar-refractivity contribution < 1.29 is 19.4 Å². The van der Waals surface area contributed by atoms with Crippen molar-refractivity contribution >= 4 is 23.5 Å². The van der Waals surface area contributed by atoms with Crippen LogP contribution in [0.15, 0.2) is 24.3 Å². The normalized spacial score (nSPS) is 13.6. The molecular formula is C16H17ClN4O4. The number of carboxylic acids is 1. The van der Waals surface area contributed by atoms with E-state index in [1.165, 1.54) is 0 Å². The Balaban J connectivity index is 1.70. The van der Waals surface area contributed by atoms with Gasteiger partial charge >= 0.3 is 5.97 Å². The summed E-state index contributed by atoms with van der Waals surface area (Å²) < 4.78 is 6.49. The summed E-state index contributed by atoms with van der Waals surface area (Å²) in [4.78, 5) is 26.9. The molecule has 0 saturated heterocycles. The van der Waals surface area contributed by atoms with Gasteiger partial charge in [-0.1, -0.05) is 23.7 Å². The summed E-state index contributed by atoms with van der Waals surface area (Å²) in [6, 6.07) is 7.25. The van der Waals surface area contributed by atoms with Gasteiger partial charge in [0.1, 0.15) is 12.4 Å². The van der Waals surface area contributed by atoms with E-state index >= 15 is 0 Å². The standard InChI is InChI=1S/C16H17ClN4O4/c17-11-3-1-2-4-12(11)21-15(10-5-6-10)19-14(20-21)16(24)18-7-8-25-9-13(22)23/h1-4,10H,5-9H2,(H,18,24)(H,22,23). The first-order valence-corrected chi connectivity index (χ1v) is 8.23. The Labute approximate surface area is 148 Å². The second-order valence-corrected chi connectivity index (χ2v) is 6.04. The van der Waals surface area contributed by atoms with E-state index in [9.17, 15) is 9.59 Å². The average Bonchev–Trinajstić information content (AvgIpc) is 3.33. The minimum atomic E-state index is -1.06. The topological polar surface area (TPSA) is 106 Å². The van der Waals surface area contributed by atoms with Gasteiger partial charge < -0.3 is 15.2 Å². The molecule has 1 heterocycles. The van der Waals surface area contributed by atoms with E-state index in [0.29, 0.717) is 10.7 Å². The lowest BCUT2D eigenvalue weighted by atomic mass is 10.3. The summed E-state index contributed by atoms with van der Waals surface area (Å²) in [5.74, 6) is -0.433. The number of benzene rings is 1. The molecule has 1 saturated carbocycles. The number of rotatable bonds is 8. The Morgan fingerprint density at radius 3 is 2.80 bits per heavy atom. The molecule has 1 aromatic heterocycles. The number of amides is 1. The van der Waals surface area contributed by atoms with Gasteiger partial charge in [0.05, 0.1) is 17.3 Å². The number of carbonyl (C=O) groups is 2. The number of nitrogens with one attached hydrogen (secondary N) is 1. The fraction of sp³-hybridized carbons (Fsp3) is 0.375. The molecule has 0 spiro atoms. The van der Waals surface area contributed by atoms with Crippen LogP contribution < -0.4 is 5.32 Å². The van der Waals surface area contributed by atoms with Gasteiger partial charge in [-0.2, -0.15) is 0 Å². The lowest BCUT2D eigenvalue weighted by Gasteiger charge is -2.06. The van der Waals surface area contributed by atoms with Crippen molar-refractivity contribution in [1.82, 2.24) is 20.1 Å². The van der Waals surface area contributed by atoms with E-state index in [2.05, 4.69) is 15.4 Å². The number of aliphatic carboxylic acids is 1. The first kappa shape index (κ1) is 17.4. The number of hydrogen-bond acceptors (Lipinski definition) is 5. The van der Waals surface area contributed by atoms with Crippen LogP contribution in [0.3, 0.4) is 0 Å². The molecule has 1 aliphatic rings. The zero-order chi connectivity index (χ0) is 17.8.